The summed E-state index contributed by atoms with van der Waals surface area (Å²) in [5.41, 5.74) is 7.86. The third-order valence-electron chi connectivity index (χ3n) is 2.50. The summed E-state index contributed by atoms with van der Waals surface area (Å²) in [5.74, 6) is 0.609. The van der Waals surface area contributed by atoms with E-state index in [0.29, 0.717) is 5.82 Å². The van der Waals surface area contributed by atoms with E-state index in [2.05, 4.69) is 29.1 Å². The molecule has 0 fully saturated rings. The lowest BCUT2D eigenvalue weighted by atomic mass is 10.0. The molecule has 1 aromatic rings. The van der Waals surface area contributed by atoms with Gasteiger partial charge in [0.05, 0.1) is 11.2 Å². The first kappa shape index (κ1) is 9.73. The topological polar surface area (TPSA) is 63.8 Å². The lowest BCUT2D eigenvalue weighted by Crippen LogP contribution is -2.29. The Morgan fingerprint density at radius 3 is 2.79 bits per heavy atom. The van der Waals surface area contributed by atoms with Gasteiger partial charge in [0, 0.05) is 12.1 Å². The smallest absolute Gasteiger partial charge is 0.189 e. The van der Waals surface area contributed by atoms with Crippen LogP contribution in [0.1, 0.15) is 25.1 Å². The van der Waals surface area contributed by atoms with Crippen molar-refractivity contribution in [1.29, 1.82) is 0 Å². The van der Waals surface area contributed by atoms with Gasteiger partial charge in [-0.1, -0.05) is 11.8 Å². The van der Waals surface area contributed by atoms with Gasteiger partial charge in [0.2, 0.25) is 0 Å². The minimum absolute atomic E-state index is 0.0864. The van der Waals surface area contributed by atoms with Crippen LogP contribution in [0.25, 0.3) is 0 Å². The molecule has 2 rings (SSSR count). The highest BCUT2D eigenvalue weighted by Crippen LogP contribution is 2.32. The lowest BCUT2D eigenvalue weighted by molar-refractivity contribution is 0.431. The van der Waals surface area contributed by atoms with Crippen LogP contribution in [-0.4, -0.2) is 16.2 Å². The van der Waals surface area contributed by atoms with E-state index in [1.165, 1.54) is 11.8 Å². The molecular formula is C9H14N4S. The van der Waals surface area contributed by atoms with Crippen LogP contribution in [0.2, 0.25) is 0 Å². The number of anilines is 1. The van der Waals surface area contributed by atoms with Crippen molar-refractivity contribution in [2.45, 2.75) is 31.1 Å². The Bertz CT molecular complexity index is 375. The Kier molecular flexibility index (Phi) is 2.16. The van der Waals surface area contributed by atoms with Crippen LogP contribution in [0.15, 0.2) is 5.16 Å². The van der Waals surface area contributed by atoms with Gasteiger partial charge >= 0.3 is 0 Å². The zero-order valence-electron chi connectivity index (χ0n) is 8.59. The summed E-state index contributed by atoms with van der Waals surface area (Å²) < 4.78 is 0. The molecular weight excluding hydrogens is 196 g/mol. The summed E-state index contributed by atoms with van der Waals surface area (Å²) in [6, 6.07) is 0. The first-order valence-electron chi connectivity index (χ1n) is 4.50. The van der Waals surface area contributed by atoms with Crippen LogP contribution in [0.3, 0.4) is 0 Å². The van der Waals surface area contributed by atoms with Crippen LogP contribution in [0, 0.1) is 0 Å². The fourth-order valence-corrected chi connectivity index (χ4v) is 2.03. The maximum Gasteiger partial charge on any atom is 0.189 e. The summed E-state index contributed by atoms with van der Waals surface area (Å²) in [6.45, 7) is 4.98. The molecule has 3 N–H and O–H groups in total. The minimum Gasteiger partial charge on any atom is -0.383 e. The van der Waals surface area contributed by atoms with E-state index < -0.39 is 0 Å². The largest absolute Gasteiger partial charge is 0.383 e. The number of nitrogens with one attached hydrogen (secondary N) is 1. The minimum atomic E-state index is -0.0864. The molecule has 0 unspecified atom stereocenters. The molecule has 0 aromatic carbocycles. The molecule has 5 heteroatoms. The lowest BCUT2D eigenvalue weighted by Gasteiger charge is -2.18. The second kappa shape index (κ2) is 3.10. The summed E-state index contributed by atoms with van der Waals surface area (Å²) in [7, 11) is 0. The Morgan fingerprint density at radius 2 is 2.14 bits per heavy atom. The van der Waals surface area contributed by atoms with E-state index in [-0.39, 0.29) is 5.54 Å². The van der Waals surface area contributed by atoms with Crippen LogP contribution >= 0.6 is 11.8 Å². The number of nitrogen functional groups attached to an aromatic ring is 1. The van der Waals surface area contributed by atoms with E-state index in [1.54, 1.807) is 0 Å². The molecule has 0 amide bonds. The molecule has 4 nitrogen and oxygen atoms in total. The van der Waals surface area contributed by atoms with Crippen LogP contribution in [0.4, 0.5) is 5.82 Å². The fraction of sp³-hybridized carbons (Fsp3) is 0.556. The molecule has 1 aliphatic rings. The highest BCUT2D eigenvalue weighted by atomic mass is 32.2. The fourth-order valence-electron chi connectivity index (χ4n) is 1.66. The Morgan fingerprint density at radius 1 is 1.43 bits per heavy atom. The Balaban J connectivity index is 2.59. The normalized spacial score (nSPS) is 18.2. The number of thioether (sulfide) groups is 1. The van der Waals surface area contributed by atoms with Gasteiger partial charge in [0.15, 0.2) is 5.16 Å². The Hall–Kier alpha value is -0.810. The highest BCUT2D eigenvalue weighted by molar-refractivity contribution is 7.98. The number of hydrogen-bond acceptors (Lipinski definition) is 5. The third-order valence-corrected chi connectivity index (χ3v) is 3.05. The molecule has 1 aliphatic heterocycles. The summed E-state index contributed by atoms with van der Waals surface area (Å²) >= 11 is 1.52. The first-order valence-corrected chi connectivity index (χ1v) is 5.73. The second-order valence-electron chi connectivity index (χ2n) is 3.90. The molecule has 76 valence electrons. The molecule has 1 aromatic heterocycles. The molecule has 0 aliphatic carbocycles. The highest BCUT2D eigenvalue weighted by Gasteiger charge is 2.33. The summed E-state index contributed by atoms with van der Waals surface area (Å²) in [5, 5.41) is 4.11. The number of aromatic nitrogens is 2. The molecule has 0 bridgehead atoms. The monoisotopic (exact) mass is 210 g/mol. The predicted molar refractivity (Wildman–Crippen MR) is 58.1 cm³/mol. The van der Waals surface area contributed by atoms with Gasteiger partial charge in [-0.15, -0.1) is 0 Å². The van der Waals surface area contributed by atoms with Gasteiger partial charge in [-0.05, 0) is 20.1 Å². The number of hydrogen-bond donors (Lipinski definition) is 2. The van der Waals surface area contributed by atoms with Crippen LogP contribution in [-0.2, 0) is 12.1 Å². The van der Waals surface area contributed by atoms with Crippen LogP contribution in [0.5, 0.6) is 0 Å². The van der Waals surface area contributed by atoms with Gasteiger partial charge in [-0.2, -0.15) is 0 Å². The van der Waals surface area contributed by atoms with E-state index in [0.717, 1.165) is 23.0 Å². The molecule has 0 radical (unpaired) electrons. The molecule has 0 saturated carbocycles. The van der Waals surface area contributed by atoms with Gasteiger partial charge < -0.3 is 11.1 Å². The zero-order chi connectivity index (χ0) is 10.3. The van der Waals surface area contributed by atoms with Crippen molar-refractivity contribution in [3.8, 4) is 0 Å². The summed E-state index contributed by atoms with van der Waals surface area (Å²) in [4.78, 5) is 8.71. The average molecular weight is 210 g/mol. The van der Waals surface area contributed by atoms with E-state index >= 15 is 0 Å². The van der Waals surface area contributed by atoms with Crippen molar-refractivity contribution in [3.05, 3.63) is 11.3 Å². The van der Waals surface area contributed by atoms with Crippen molar-refractivity contribution in [2.24, 2.45) is 0 Å². The quantitative estimate of drug-likeness (QED) is 0.537. The van der Waals surface area contributed by atoms with Crippen molar-refractivity contribution < 1.29 is 0 Å². The SMILES string of the molecule is CSc1nc(N)c2c(n1)C(C)(C)NC2. The average Bonchev–Trinajstić information content (AvgIpc) is 2.43. The van der Waals surface area contributed by atoms with Crippen LogP contribution < -0.4 is 11.1 Å². The van der Waals surface area contributed by atoms with E-state index in [9.17, 15) is 0 Å². The van der Waals surface area contributed by atoms with Crippen molar-refractivity contribution in [2.75, 3.05) is 12.0 Å². The van der Waals surface area contributed by atoms with Gasteiger partial charge in [0.25, 0.3) is 0 Å². The van der Waals surface area contributed by atoms with Gasteiger partial charge in [-0.3, -0.25) is 0 Å². The number of nitrogens with two attached hydrogens (primary N) is 1. The predicted octanol–water partition coefficient (Wildman–Crippen LogP) is 1.12. The molecule has 0 atom stereocenters. The third kappa shape index (κ3) is 1.36. The number of rotatable bonds is 1. The van der Waals surface area contributed by atoms with Gasteiger partial charge in [-0.25, -0.2) is 9.97 Å². The molecule has 14 heavy (non-hydrogen) atoms. The summed E-state index contributed by atoms with van der Waals surface area (Å²) in [6.07, 6.45) is 1.95. The molecule has 0 spiro atoms. The van der Waals surface area contributed by atoms with Crippen molar-refractivity contribution >= 4 is 17.6 Å². The number of nitrogens with zero attached hydrogens (tertiary/aromatic N) is 2. The van der Waals surface area contributed by atoms with E-state index in [4.69, 9.17) is 5.73 Å². The first-order chi connectivity index (χ1) is 6.54. The van der Waals surface area contributed by atoms with Crippen molar-refractivity contribution in [3.63, 3.8) is 0 Å². The number of fused-ring (bicyclic) bond motifs is 1. The molecule has 2 heterocycles. The maximum absolute atomic E-state index is 5.86. The second-order valence-corrected chi connectivity index (χ2v) is 4.67. The van der Waals surface area contributed by atoms with Gasteiger partial charge in [0.1, 0.15) is 5.82 Å². The Labute approximate surface area is 87.7 Å². The van der Waals surface area contributed by atoms with E-state index in [1.807, 2.05) is 6.26 Å². The maximum atomic E-state index is 5.86. The standard InChI is InChI=1S/C9H14N4S/c1-9(2)6-5(4-11-9)7(10)13-8(12-6)14-3/h11H,4H2,1-3H3,(H2,10,12,13). The zero-order valence-corrected chi connectivity index (χ0v) is 9.40. The van der Waals surface area contributed by atoms with Crippen molar-refractivity contribution in [1.82, 2.24) is 15.3 Å². The molecule has 0 saturated heterocycles.